The highest BCUT2D eigenvalue weighted by molar-refractivity contribution is 7.15. The number of hydrogen-bond acceptors (Lipinski definition) is 4. The predicted molar refractivity (Wildman–Crippen MR) is 237 cm³/mol. The van der Waals surface area contributed by atoms with E-state index in [2.05, 4.69) is 213 Å². The van der Waals surface area contributed by atoms with Crippen LogP contribution in [-0.4, -0.2) is 37.8 Å². The van der Waals surface area contributed by atoms with E-state index >= 15 is 0 Å². The van der Waals surface area contributed by atoms with Crippen LogP contribution in [0.4, 0.5) is 0 Å². The summed E-state index contributed by atoms with van der Waals surface area (Å²) in [6.07, 6.45) is 0.520. The number of rotatable bonds is 16. The molecule has 0 aliphatic rings. The van der Waals surface area contributed by atoms with Gasteiger partial charge in [-0.05, 0) is 55.7 Å². The summed E-state index contributed by atoms with van der Waals surface area (Å²) in [6.45, 7) is 5.70. The lowest BCUT2D eigenvalue weighted by Crippen LogP contribution is -2.80. The smallest absolute Gasteiger partial charge is 0.353 e. The van der Waals surface area contributed by atoms with Crippen molar-refractivity contribution in [3.05, 3.63) is 224 Å². The quantitative estimate of drug-likeness (QED) is 0.0385. The molecule has 0 heterocycles. The number of carbonyl (C=O) groups is 1. The molecule has 0 fully saturated rings. The fourth-order valence-corrected chi connectivity index (χ4v) is 24.2. The molecule has 0 atom stereocenters. The Kier molecular flexibility index (Phi) is 12.3. The molecule has 0 saturated heterocycles. The maximum Gasteiger partial charge on any atom is 0.353 e. The van der Waals surface area contributed by atoms with E-state index in [0.717, 1.165) is 36.3 Å². The zero-order chi connectivity index (χ0) is 38.7. The third-order valence-corrected chi connectivity index (χ3v) is 24.4. The normalized spacial score (nSPS) is 11.8. The molecule has 7 rings (SSSR count). The van der Waals surface area contributed by atoms with Crippen molar-refractivity contribution in [2.24, 2.45) is 0 Å². The maximum atomic E-state index is 12.7. The summed E-state index contributed by atoms with van der Waals surface area (Å²) < 4.78 is 22.8. The SMILES string of the molecule is C=C(C)C(=O)OCCC[Si](O[Si](c1ccccc1)(c1ccccc1)c1ccccc1)(O[Si](c1ccccc1)(c1ccccc1)c1ccccc1)c1ccccc1. The van der Waals surface area contributed by atoms with Crippen molar-refractivity contribution in [2.45, 2.75) is 19.4 Å². The highest BCUT2D eigenvalue weighted by atomic mass is 28.5. The molecule has 0 unspecified atom stereocenters. The number of hydrogen-bond donors (Lipinski definition) is 0. The highest BCUT2D eigenvalue weighted by Gasteiger charge is 2.57. The van der Waals surface area contributed by atoms with Gasteiger partial charge in [-0.25, -0.2) is 4.79 Å². The van der Waals surface area contributed by atoms with Gasteiger partial charge in [-0.3, -0.25) is 0 Å². The van der Waals surface area contributed by atoms with Crippen molar-refractivity contribution in [3.63, 3.8) is 0 Å². The molecular formula is C49H46O4Si3. The first kappa shape index (κ1) is 38.6. The first-order valence-corrected chi connectivity index (χ1v) is 24.9. The lowest BCUT2D eigenvalue weighted by molar-refractivity contribution is -0.138. The number of benzene rings is 7. The Balaban J connectivity index is 1.57. The molecule has 7 aromatic rings. The Labute approximate surface area is 334 Å². The van der Waals surface area contributed by atoms with Crippen molar-refractivity contribution in [2.75, 3.05) is 6.61 Å². The van der Waals surface area contributed by atoms with E-state index in [1.807, 2.05) is 6.07 Å². The van der Waals surface area contributed by atoms with Gasteiger partial charge in [-0.2, -0.15) is 0 Å². The third kappa shape index (κ3) is 8.00. The molecule has 0 bridgehead atoms. The van der Waals surface area contributed by atoms with E-state index < -0.39 is 31.2 Å². The fourth-order valence-electron chi connectivity index (χ4n) is 7.56. The average molecular weight is 783 g/mol. The Morgan fingerprint density at radius 2 is 0.679 bits per heavy atom. The molecule has 0 spiro atoms. The van der Waals surface area contributed by atoms with Crippen LogP contribution < -0.4 is 36.3 Å². The van der Waals surface area contributed by atoms with Gasteiger partial charge in [-0.15, -0.1) is 0 Å². The Bertz CT molecular complexity index is 1970. The van der Waals surface area contributed by atoms with Gasteiger partial charge in [-0.1, -0.05) is 219 Å². The van der Waals surface area contributed by atoms with Crippen molar-refractivity contribution < 1.29 is 17.8 Å². The maximum absolute atomic E-state index is 12.7. The van der Waals surface area contributed by atoms with Crippen LogP contribution in [0.25, 0.3) is 0 Å². The first-order chi connectivity index (χ1) is 27.5. The molecule has 4 nitrogen and oxygen atoms in total. The zero-order valence-corrected chi connectivity index (χ0v) is 34.7. The van der Waals surface area contributed by atoms with Gasteiger partial charge >= 0.3 is 14.5 Å². The Morgan fingerprint density at radius 1 is 0.429 bits per heavy atom. The summed E-state index contributed by atoms with van der Waals surface area (Å²) in [6, 6.07) is 75.2. The van der Waals surface area contributed by atoms with Crippen LogP contribution in [0.2, 0.25) is 6.04 Å². The molecule has 0 saturated carbocycles. The van der Waals surface area contributed by atoms with Crippen LogP contribution in [-0.2, 0) is 17.8 Å². The van der Waals surface area contributed by atoms with E-state index in [1.165, 1.54) is 0 Å². The minimum absolute atomic E-state index is 0.202. The van der Waals surface area contributed by atoms with Crippen LogP contribution in [0, 0.1) is 0 Å². The third-order valence-electron chi connectivity index (χ3n) is 10.2. The van der Waals surface area contributed by atoms with Gasteiger partial charge in [0.2, 0.25) is 0 Å². The molecule has 0 N–H and O–H groups in total. The molecule has 7 aromatic carbocycles. The Hall–Kier alpha value is -5.68. The molecule has 0 aliphatic carbocycles. The first-order valence-electron chi connectivity index (χ1n) is 19.1. The summed E-state index contributed by atoms with van der Waals surface area (Å²) in [7, 11) is -10.5. The molecule has 0 radical (unpaired) electrons. The fraction of sp³-hybridized carbons (Fsp3) is 0.0816. The molecule has 56 heavy (non-hydrogen) atoms. The second-order valence-corrected chi connectivity index (χ2v) is 24.3. The van der Waals surface area contributed by atoms with Crippen LogP contribution in [0.3, 0.4) is 0 Å². The molecule has 0 aromatic heterocycles. The molecule has 0 aliphatic heterocycles. The van der Waals surface area contributed by atoms with Gasteiger partial charge in [0.25, 0.3) is 16.6 Å². The summed E-state index contributed by atoms with van der Waals surface area (Å²) in [5, 5.41) is 7.74. The number of esters is 1. The standard InChI is InChI=1S/C49H46O4Si3/c1-41(2)49(50)51-39-24-40-54(42-25-10-3-11-26-42,52-55(43-27-12-4-13-28-43,44-29-14-5-15-30-44)45-31-16-6-17-32-45)53-56(46-33-18-7-19-34-46,47-35-20-8-21-36-47)48-37-22-9-23-38-48/h3-23,25-38H,1,24,39-40H2,2H3. The van der Waals surface area contributed by atoms with Crippen LogP contribution >= 0.6 is 0 Å². The minimum atomic E-state index is -3.73. The second-order valence-electron chi connectivity index (χ2n) is 13.9. The van der Waals surface area contributed by atoms with E-state index in [9.17, 15) is 4.79 Å². The van der Waals surface area contributed by atoms with E-state index in [0.29, 0.717) is 18.0 Å². The second kappa shape index (κ2) is 17.9. The molecule has 278 valence electrons. The lowest BCUT2D eigenvalue weighted by atomic mass is 10.3. The molecule has 0 amide bonds. The lowest BCUT2D eigenvalue weighted by Gasteiger charge is -2.47. The number of carbonyl (C=O) groups excluding carboxylic acids is 1. The van der Waals surface area contributed by atoms with Gasteiger partial charge in [0, 0.05) is 5.57 Å². The average Bonchev–Trinajstić information content (AvgIpc) is 3.28. The van der Waals surface area contributed by atoms with Crippen molar-refractivity contribution in [1.82, 2.24) is 0 Å². The van der Waals surface area contributed by atoms with Crippen molar-refractivity contribution in [3.8, 4) is 0 Å². The van der Waals surface area contributed by atoms with Crippen LogP contribution in [0.15, 0.2) is 224 Å². The summed E-state index contributed by atoms with van der Waals surface area (Å²) >= 11 is 0. The predicted octanol–water partition coefficient (Wildman–Crippen LogP) is 6.21. The van der Waals surface area contributed by atoms with Gasteiger partial charge in [0.05, 0.1) is 6.61 Å². The highest BCUT2D eigenvalue weighted by Crippen LogP contribution is 2.28. The van der Waals surface area contributed by atoms with E-state index in [4.69, 9.17) is 13.0 Å². The largest absolute Gasteiger partial charge is 0.462 e. The van der Waals surface area contributed by atoms with E-state index in [-0.39, 0.29) is 6.61 Å². The van der Waals surface area contributed by atoms with Gasteiger partial charge in [0.1, 0.15) is 0 Å². The van der Waals surface area contributed by atoms with Crippen molar-refractivity contribution in [1.29, 1.82) is 0 Å². The topological polar surface area (TPSA) is 44.8 Å². The summed E-state index contributed by atoms with van der Waals surface area (Å²) in [4.78, 5) is 12.7. The zero-order valence-electron chi connectivity index (χ0n) is 31.7. The van der Waals surface area contributed by atoms with Crippen LogP contribution in [0.1, 0.15) is 13.3 Å². The van der Waals surface area contributed by atoms with Crippen molar-refractivity contribution >= 4 is 67.5 Å². The monoisotopic (exact) mass is 782 g/mol. The van der Waals surface area contributed by atoms with Gasteiger partial charge in [0.15, 0.2) is 0 Å². The minimum Gasteiger partial charge on any atom is -0.462 e. The van der Waals surface area contributed by atoms with E-state index in [1.54, 1.807) is 6.92 Å². The van der Waals surface area contributed by atoms with Crippen LogP contribution in [0.5, 0.6) is 0 Å². The molecular weight excluding hydrogens is 737 g/mol. The summed E-state index contributed by atoms with van der Waals surface area (Å²) in [5.74, 6) is -0.401. The number of ether oxygens (including phenoxy) is 1. The summed E-state index contributed by atoms with van der Waals surface area (Å²) in [5.41, 5.74) is 0.372. The Morgan fingerprint density at radius 3 is 0.929 bits per heavy atom. The molecule has 7 heteroatoms. The van der Waals surface area contributed by atoms with Gasteiger partial charge < -0.3 is 13.0 Å².